The van der Waals surface area contributed by atoms with Crippen molar-refractivity contribution in [3.8, 4) is 5.75 Å². The highest BCUT2D eigenvalue weighted by Gasteiger charge is 2.29. The van der Waals surface area contributed by atoms with Crippen LogP contribution in [0.2, 0.25) is 5.02 Å². The number of primary amides is 1. The highest BCUT2D eigenvalue weighted by atomic mass is 35.5. The van der Waals surface area contributed by atoms with Crippen LogP contribution in [0.1, 0.15) is 24.2 Å². The van der Waals surface area contributed by atoms with E-state index in [9.17, 15) is 14.4 Å². The molecule has 0 saturated carbocycles. The van der Waals surface area contributed by atoms with E-state index < -0.39 is 24.0 Å². The van der Waals surface area contributed by atoms with E-state index in [0.717, 1.165) is 0 Å². The Morgan fingerprint density at radius 3 is 2.41 bits per heavy atom. The summed E-state index contributed by atoms with van der Waals surface area (Å²) < 4.78 is 10.2. The summed E-state index contributed by atoms with van der Waals surface area (Å²) in [5.41, 5.74) is 4.97. The highest BCUT2D eigenvalue weighted by Crippen LogP contribution is 2.24. The molecule has 0 fully saturated rings. The highest BCUT2D eigenvalue weighted by molar-refractivity contribution is 6.31. The predicted molar refractivity (Wildman–Crippen MR) is 79.8 cm³/mol. The number of rotatable bonds is 5. The van der Waals surface area contributed by atoms with Crippen LogP contribution in [0.4, 0.5) is 4.79 Å². The van der Waals surface area contributed by atoms with Crippen LogP contribution in [-0.4, -0.2) is 31.1 Å². The van der Waals surface area contributed by atoms with Gasteiger partial charge >= 0.3 is 12.0 Å². The summed E-state index contributed by atoms with van der Waals surface area (Å²) >= 11 is 5.84. The van der Waals surface area contributed by atoms with E-state index in [4.69, 9.17) is 26.8 Å². The number of halogens is 1. The van der Waals surface area contributed by atoms with Gasteiger partial charge < -0.3 is 15.2 Å². The summed E-state index contributed by atoms with van der Waals surface area (Å²) in [6, 6.07) is 3.41. The molecule has 8 heteroatoms. The molecule has 0 aromatic heterocycles. The molecular formula is C14H17ClN2O5. The first-order chi connectivity index (χ1) is 10.3. The van der Waals surface area contributed by atoms with Crippen LogP contribution in [0.3, 0.4) is 0 Å². The molecule has 7 nitrogen and oxygen atoms in total. The Kier molecular flexibility index (Phi) is 6.18. The molecule has 3 N–H and O–H groups in total. The maximum absolute atomic E-state index is 12.2. The van der Waals surface area contributed by atoms with Crippen LogP contribution in [0, 0.1) is 5.92 Å². The van der Waals surface area contributed by atoms with Gasteiger partial charge in [-0.25, -0.2) is 9.59 Å². The molecule has 22 heavy (non-hydrogen) atoms. The third kappa shape index (κ3) is 4.63. The average Bonchev–Trinajstić information content (AvgIpc) is 2.43. The van der Waals surface area contributed by atoms with E-state index in [2.05, 4.69) is 0 Å². The van der Waals surface area contributed by atoms with Crippen LogP contribution < -0.4 is 15.8 Å². The lowest BCUT2D eigenvalue weighted by Gasteiger charge is -2.20. The van der Waals surface area contributed by atoms with Crippen molar-refractivity contribution in [2.45, 2.75) is 20.0 Å². The molecule has 1 aromatic carbocycles. The van der Waals surface area contributed by atoms with E-state index in [1.165, 1.54) is 19.2 Å². The SMILES string of the molecule is COc1ccc(Cl)cc1C(=O)O[C@H](C(=O)NC(N)=O)C(C)C. The van der Waals surface area contributed by atoms with Gasteiger partial charge in [-0.05, 0) is 24.1 Å². The van der Waals surface area contributed by atoms with Crippen LogP contribution in [0.25, 0.3) is 0 Å². The smallest absolute Gasteiger partial charge is 0.342 e. The number of ether oxygens (including phenoxy) is 2. The fourth-order valence-electron chi connectivity index (χ4n) is 1.70. The summed E-state index contributed by atoms with van der Waals surface area (Å²) in [7, 11) is 1.39. The van der Waals surface area contributed by atoms with Crippen molar-refractivity contribution < 1.29 is 23.9 Å². The number of carbonyl (C=O) groups is 3. The van der Waals surface area contributed by atoms with Gasteiger partial charge in [-0.1, -0.05) is 25.4 Å². The number of benzene rings is 1. The lowest BCUT2D eigenvalue weighted by atomic mass is 10.1. The number of amides is 3. The molecule has 0 unspecified atom stereocenters. The average molecular weight is 329 g/mol. The van der Waals surface area contributed by atoms with Crippen molar-refractivity contribution in [1.29, 1.82) is 0 Å². The zero-order chi connectivity index (χ0) is 16.9. The Hall–Kier alpha value is -2.28. The van der Waals surface area contributed by atoms with Gasteiger partial charge in [-0.15, -0.1) is 0 Å². The van der Waals surface area contributed by atoms with Gasteiger partial charge in [0.25, 0.3) is 5.91 Å². The number of nitrogens with one attached hydrogen (secondary N) is 1. The van der Waals surface area contributed by atoms with Gasteiger partial charge in [-0.2, -0.15) is 0 Å². The molecule has 0 saturated heterocycles. The van der Waals surface area contributed by atoms with Crippen LogP contribution >= 0.6 is 11.6 Å². The quantitative estimate of drug-likeness (QED) is 0.800. The zero-order valence-corrected chi connectivity index (χ0v) is 13.1. The normalized spacial score (nSPS) is 11.7. The maximum Gasteiger partial charge on any atom is 0.342 e. The predicted octanol–water partition coefficient (Wildman–Crippen LogP) is 1.72. The number of carbonyl (C=O) groups excluding carboxylic acids is 3. The van der Waals surface area contributed by atoms with E-state index in [0.29, 0.717) is 5.02 Å². The number of methoxy groups -OCH3 is 1. The second-order valence-corrected chi connectivity index (χ2v) is 5.20. The molecule has 0 aliphatic rings. The Labute approximate surface area is 132 Å². The zero-order valence-electron chi connectivity index (χ0n) is 12.4. The number of urea groups is 1. The lowest BCUT2D eigenvalue weighted by molar-refractivity contribution is -0.130. The first kappa shape index (κ1) is 17.8. The maximum atomic E-state index is 12.2. The number of imide groups is 1. The van der Waals surface area contributed by atoms with Crippen molar-refractivity contribution in [1.82, 2.24) is 5.32 Å². The Bertz CT molecular complexity index is 589. The topological polar surface area (TPSA) is 108 Å². The molecule has 0 bridgehead atoms. The standard InChI is InChI=1S/C14H17ClN2O5/c1-7(2)11(12(18)17-14(16)20)22-13(19)9-6-8(15)4-5-10(9)21-3/h4-7,11H,1-3H3,(H3,16,17,18,20)/t11-/m0/s1. The third-order valence-electron chi connectivity index (χ3n) is 2.73. The monoisotopic (exact) mass is 328 g/mol. The van der Waals surface area contributed by atoms with Gasteiger partial charge in [0.1, 0.15) is 11.3 Å². The van der Waals surface area contributed by atoms with E-state index in [-0.39, 0.29) is 17.2 Å². The summed E-state index contributed by atoms with van der Waals surface area (Å²) in [4.78, 5) is 34.8. The summed E-state index contributed by atoms with van der Waals surface area (Å²) in [5, 5.41) is 2.20. The molecule has 0 aliphatic carbocycles. The Morgan fingerprint density at radius 1 is 1.27 bits per heavy atom. The second kappa shape index (κ2) is 7.65. The number of nitrogens with two attached hydrogens (primary N) is 1. The van der Waals surface area contributed by atoms with Gasteiger partial charge in [0.15, 0.2) is 6.10 Å². The number of esters is 1. The molecule has 1 aromatic rings. The van der Waals surface area contributed by atoms with Gasteiger partial charge in [0, 0.05) is 5.02 Å². The van der Waals surface area contributed by atoms with Gasteiger partial charge in [-0.3, -0.25) is 10.1 Å². The largest absolute Gasteiger partial charge is 0.496 e. The molecule has 0 aliphatic heterocycles. The Morgan fingerprint density at radius 2 is 1.91 bits per heavy atom. The van der Waals surface area contributed by atoms with Crippen molar-refractivity contribution in [2.75, 3.05) is 7.11 Å². The third-order valence-corrected chi connectivity index (χ3v) is 2.96. The molecule has 0 heterocycles. The van der Waals surface area contributed by atoms with Crippen molar-refractivity contribution in [3.05, 3.63) is 28.8 Å². The van der Waals surface area contributed by atoms with E-state index in [1.807, 2.05) is 5.32 Å². The minimum atomic E-state index is -1.18. The molecule has 3 amide bonds. The molecule has 1 rings (SSSR count). The first-order valence-corrected chi connectivity index (χ1v) is 6.78. The molecule has 120 valence electrons. The molecule has 1 atom stereocenters. The van der Waals surface area contributed by atoms with Gasteiger partial charge in [0.05, 0.1) is 7.11 Å². The van der Waals surface area contributed by atoms with E-state index >= 15 is 0 Å². The van der Waals surface area contributed by atoms with Crippen LogP contribution in [0.5, 0.6) is 5.75 Å². The summed E-state index contributed by atoms with van der Waals surface area (Å²) in [6.45, 7) is 3.32. The van der Waals surface area contributed by atoms with Crippen LogP contribution in [-0.2, 0) is 9.53 Å². The second-order valence-electron chi connectivity index (χ2n) is 4.77. The lowest BCUT2D eigenvalue weighted by Crippen LogP contribution is -2.45. The Balaban J connectivity index is 2.99. The number of hydrogen-bond donors (Lipinski definition) is 2. The summed E-state index contributed by atoms with van der Waals surface area (Å²) in [5.74, 6) is -1.70. The van der Waals surface area contributed by atoms with E-state index in [1.54, 1.807) is 19.9 Å². The van der Waals surface area contributed by atoms with Gasteiger partial charge in [0.2, 0.25) is 0 Å². The minimum absolute atomic E-state index is 0.0764. The summed E-state index contributed by atoms with van der Waals surface area (Å²) in [6.07, 6.45) is -1.18. The fraction of sp³-hybridized carbons (Fsp3) is 0.357. The van der Waals surface area contributed by atoms with Crippen molar-refractivity contribution in [3.63, 3.8) is 0 Å². The van der Waals surface area contributed by atoms with Crippen molar-refractivity contribution in [2.24, 2.45) is 11.7 Å². The number of hydrogen-bond acceptors (Lipinski definition) is 5. The molecule has 0 radical (unpaired) electrons. The van der Waals surface area contributed by atoms with Crippen molar-refractivity contribution >= 4 is 29.5 Å². The minimum Gasteiger partial charge on any atom is -0.496 e. The first-order valence-electron chi connectivity index (χ1n) is 6.41. The van der Waals surface area contributed by atoms with Crippen LogP contribution in [0.15, 0.2) is 18.2 Å². The fourth-order valence-corrected chi connectivity index (χ4v) is 1.88. The molecule has 0 spiro atoms. The molecular weight excluding hydrogens is 312 g/mol.